The number of halogens is 1. The summed E-state index contributed by atoms with van der Waals surface area (Å²) in [6, 6.07) is 2.95. The van der Waals surface area contributed by atoms with Crippen LogP contribution >= 0.6 is 11.6 Å². The zero-order valence-electron chi connectivity index (χ0n) is 13.5. The summed E-state index contributed by atoms with van der Waals surface area (Å²) in [7, 11) is 3.01. The van der Waals surface area contributed by atoms with Gasteiger partial charge in [-0.3, -0.25) is 0 Å². The number of amides is 1. The molecular weight excluding hydrogens is 308 g/mol. The van der Waals surface area contributed by atoms with Crippen molar-refractivity contribution in [1.82, 2.24) is 5.32 Å². The second-order valence-corrected chi connectivity index (χ2v) is 6.08. The first-order valence-corrected chi connectivity index (χ1v) is 7.20. The fraction of sp³-hybridized carbons (Fsp3) is 0.533. The van der Waals surface area contributed by atoms with E-state index in [1.807, 2.05) is 0 Å². The topological polar surface area (TPSA) is 82.8 Å². The van der Waals surface area contributed by atoms with Crippen LogP contribution in [0.15, 0.2) is 12.1 Å². The molecule has 0 radical (unpaired) electrons. The maximum atomic E-state index is 11.9. The Bertz CT molecular complexity index is 529. The molecule has 1 atom stereocenters. The average Bonchev–Trinajstić information content (AvgIpc) is 2.41. The van der Waals surface area contributed by atoms with Crippen molar-refractivity contribution in [2.45, 2.75) is 32.4 Å². The van der Waals surface area contributed by atoms with E-state index >= 15 is 0 Å². The van der Waals surface area contributed by atoms with E-state index in [2.05, 4.69) is 5.32 Å². The van der Waals surface area contributed by atoms with Crippen LogP contribution in [0.3, 0.4) is 0 Å². The molecule has 124 valence electrons. The Kier molecular flexibility index (Phi) is 6.32. The second-order valence-electron chi connectivity index (χ2n) is 5.67. The minimum Gasteiger partial charge on any atom is -0.493 e. The van der Waals surface area contributed by atoms with Crippen molar-refractivity contribution < 1.29 is 19.0 Å². The molecule has 3 N–H and O–H groups in total. The molecule has 0 aliphatic carbocycles. The van der Waals surface area contributed by atoms with E-state index in [1.54, 1.807) is 32.9 Å². The summed E-state index contributed by atoms with van der Waals surface area (Å²) in [6.45, 7) is 5.55. The first kappa shape index (κ1) is 18.4. The van der Waals surface area contributed by atoms with Gasteiger partial charge in [0.05, 0.1) is 25.3 Å². The molecule has 1 rings (SSSR count). The number of rotatable bonds is 5. The van der Waals surface area contributed by atoms with Gasteiger partial charge in [0.1, 0.15) is 5.60 Å². The minimum atomic E-state index is -0.585. The van der Waals surface area contributed by atoms with Crippen LogP contribution in [0.5, 0.6) is 11.5 Å². The number of hydrogen-bond acceptors (Lipinski definition) is 5. The monoisotopic (exact) mass is 330 g/mol. The van der Waals surface area contributed by atoms with Crippen LogP contribution in [-0.4, -0.2) is 32.5 Å². The Hall–Kier alpha value is -1.66. The maximum Gasteiger partial charge on any atom is 0.408 e. The van der Waals surface area contributed by atoms with Gasteiger partial charge in [0, 0.05) is 6.54 Å². The Morgan fingerprint density at radius 1 is 1.32 bits per heavy atom. The van der Waals surface area contributed by atoms with Crippen molar-refractivity contribution >= 4 is 17.7 Å². The van der Waals surface area contributed by atoms with E-state index in [4.69, 9.17) is 31.5 Å². The summed E-state index contributed by atoms with van der Waals surface area (Å²) < 4.78 is 15.7. The highest BCUT2D eigenvalue weighted by molar-refractivity contribution is 6.32. The van der Waals surface area contributed by atoms with Crippen molar-refractivity contribution in [2.24, 2.45) is 5.73 Å². The third-order valence-corrected chi connectivity index (χ3v) is 3.07. The number of hydrogen-bond donors (Lipinski definition) is 2. The first-order chi connectivity index (χ1) is 10.2. The number of nitrogens with one attached hydrogen (secondary N) is 1. The summed E-state index contributed by atoms with van der Waals surface area (Å²) in [5.41, 5.74) is 5.86. The van der Waals surface area contributed by atoms with E-state index in [0.717, 1.165) is 0 Å². The molecule has 0 aliphatic rings. The van der Waals surface area contributed by atoms with Crippen LogP contribution in [0, 0.1) is 0 Å². The molecule has 0 fully saturated rings. The van der Waals surface area contributed by atoms with Gasteiger partial charge in [-0.05, 0) is 38.5 Å². The summed E-state index contributed by atoms with van der Waals surface area (Å²) in [6.07, 6.45) is -0.547. The highest BCUT2D eigenvalue weighted by atomic mass is 35.5. The van der Waals surface area contributed by atoms with Crippen molar-refractivity contribution in [2.75, 3.05) is 20.8 Å². The second kappa shape index (κ2) is 7.56. The van der Waals surface area contributed by atoms with Crippen LogP contribution < -0.4 is 20.5 Å². The van der Waals surface area contributed by atoms with Crippen LogP contribution in [0.1, 0.15) is 32.4 Å². The summed E-state index contributed by atoms with van der Waals surface area (Å²) in [4.78, 5) is 11.9. The Morgan fingerprint density at radius 2 is 1.95 bits per heavy atom. The Labute approximate surface area is 135 Å². The lowest BCUT2D eigenvalue weighted by Crippen LogP contribution is -2.37. The van der Waals surface area contributed by atoms with Gasteiger partial charge in [-0.15, -0.1) is 0 Å². The van der Waals surface area contributed by atoms with Gasteiger partial charge in [-0.25, -0.2) is 4.79 Å². The molecule has 6 nitrogen and oxygen atoms in total. The van der Waals surface area contributed by atoms with Gasteiger partial charge < -0.3 is 25.3 Å². The standard InChI is InChI=1S/C15H23ClN2O4/c1-15(2,3)22-14(19)18-11(8-17)9-6-10(16)13(21-5)12(7-9)20-4/h6-7,11H,8,17H2,1-5H3,(H,18,19). The van der Waals surface area contributed by atoms with Gasteiger partial charge in [-0.1, -0.05) is 11.6 Å². The van der Waals surface area contributed by atoms with E-state index in [1.165, 1.54) is 14.2 Å². The molecule has 0 spiro atoms. The van der Waals surface area contributed by atoms with Crippen molar-refractivity contribution in [1.29, 1.82) is 0 Å². The van der Waals surface area contributed by atoms with Gasteiger partial charge in [0.15, 0.2) is 11.5 Å². The molecule has 1 aromatic rings. The van der Waals surface area contributed by atoms with E-state index < -0.39 is 17.7 Å². The number of ether oxygens (including phenoxy) is 3. The summed E-state index contributed by atoms with van der Waals surface area (Å²) >= 11 is 6.17. The third-order valence-electron chi connectivity index (χ3n) is 2.78. The molecule has 1 unspecified atom stereocenters. The van der Waals surface area contributed by atoms with Gasteiger partial charge in [0.2, 0.25) is 0 Å². The number of alkyl carbamates (subject to hydrolysis) is 1. The molecular formula is C15H23ClN2O4. The molecule has 1 amide bonds. The molecule has 0 bridgehead atoms. The van der Waals surface area contributed by atoms with Gasteiger partial charge in [0.25, 0.3) is 0 Å². The molecule has 0 aromatic heterocycles. The highest BCUT2D eigenvalue weighted by Crippen LogP contribution is 2.37. The molecule has 7 heteroatoms. The van der Waals surface area contributed by atoms with Crippen molar-refractivity contribution in [3.05, 3.63) is 22.7 Å². The minimum absolute atomic E-state index is 0.186. The zero-order chi connectivity index (χ0) is 16.9. The van der Waals surface area contributed by atoms with Crippen LogP contribution in [0.2, 0.25) is 5.02 Å². The lowest BCUT2D eigenvalue weighted by atomic mass is 10.1. The first-order valence-electron chi connectivity index (χ1n) is 6.82. The smallest absolute Gasteiger partial charge is 0.408 e. The molecule has 1 aromatic carbocycles. The number of methoxy groups -OCH3 is 2. The lowest BCUT2D eigenvalue weighted by molar-refractivity contribution is 0.0505. The predicted molar refractivity (Wildman–Crippen MR) is 85.7 cm³/mol. The summed E-state index contributed by atoms with van der Waals surface area (Å²) in [5, 5.41) is 3.09. The molecule has 0 saturated carbocycles. The normalized spacial score (nSPS) is 12.5. The van der Waals surface area contributed by atoms with Gasteiger partial charge >= 0.3 is 6.09 Å². The SMILES string of the molecule is COc1cc(C(CN)NC(=O)OC(C)(C)C)cc(Cl)c1OC. The third kappa shape index (κ3) is 4.96. The number of carbonyl (C=O) groups excluding carboxylic acids is 1. The highest BCUT2D eigenvalue weighted by Gasteiger charge is 2.21. The van der Waals surface area contributed by atoms with Crippen LogP contribution in [0.4, 0.5) is 4.79 Å². The molecule has 22 heavy (non-hydrogen) atoms. The Morgan fingerprint density at radius 3 is 2.41 bits per heavy atom. The van der Waals surface area contributed by atoms with Gasteiger partial charge in [-0.2, -0.15) is 0 Å². The molecule has 0 saturated heterocycles. The van der Waals surface area contributed by atoms with Crippen LogP contribution in [0.25, 0.3) is 0 Å². The molecule has 0 aliphatic heterocycles. The van der Waals surface area contributed by atoms with E-state index in [-0.39, 0.29) is 6.54 Å². The number of carbonyl (C=O) groups is 1. The maximum absolute atomic E-state index is 11.9. The summed E-state index contributed by atoms with van der Waals surface area (Å²) in [5.74, 6) is 0.899. The van der Waals surface area contributed by atoms with Crippen LogP contribution in [-0.2, 0) is 4.74 Å². The fourth-order valence-corrected chi connectivity index (χ4v) is 2.16. The largest absolute Gasteiger partial charge is 0.493 e. The Balaban J connectivity index is 3.00. The quantitative estimate of drug-likeness (QED) is 0.867. The lowest BCUT2D eigenvalue weighted by Gasteiger charge is -2.24. The zero-order valence-corrected chi connectivity index (χ0v) is 14.3. The van der Waals surface area contributed by atoms with E-state index in [9.17, 15) is 4.79 Å². The van der Waals surface area contributed by atoms with Crippen molar-refractivity contribution in [3.8, 4) is 11.5 Å². The average molecular weight is 331 g/mol. The molecule has 0 heterocycles. The number of benzene rings is 1. The fourth-order valence-electron chi connectivity index (χ4n) is 1.87. The van der Waals surface area contributed by atoms with E-state index in [0.29, 0.717) is 22.1 Å². The number of nitrogens with two attached hydrogens (primary N) is 1. The predicted octanol–water partition coefficient (Wildman–Crippen LogP) is 2.88. The van der Waals surface area contributed by atoms with Crippen molar-refractivity contribution in [3.63, 3.8) is 0 Å².